The number of thiophene rings is 1. The minimum absolute atomic E-state index is 0.0824. The van der Waals surface area contributed by atoms with E-state index in [0.717, 1.165) is 0 Å². The average molecular weight is 316 g/mol. The summed E-state index contributed by atoms with van der Waals surface area (Å²) in [5, 5.41) is 11.6. The SMILES string of the molecule is Cc1cccc(C(=O)OCc2nc3ccsc3c(=O)[nH]2)c1O. The van der Waals surface area contributed by atoms with Gasteiger partial charge in [0.1, 0.15) is 28.4 Å². The Kier molecular flexibility index (Phi) is 3.64. The van der Waals surface area contributed by atoms with Crippen molar-refractivity contribution >= 4 is 27.5 Å². The van der Waals surface area contributed by atoms with Crippen LogP contribution in [-0.2, 0) is 11.3 Å². The monoisotopic (exact) mass is 316 g/mol. The number of aromatic amines is 1. The number of hydrogen-bond donors (Lipinski definition) is 2. The van der Waals surface area contributed by atoms with Gasteiger partial charge in [-0.2, -0.15) is 0 Å². The lowest BCUT2D eigenvalue weighted by molar-refractivity contribution is 0.0459. The van der Waals surface area contributed by atoms with Crippen LogP contribution in [0.4, 0.5) is 0 Å². The number of esters is 1. The Labute approximate surface area is 129 Å². The second kappa shape index (κ2) is 5.61. The third-order valence-electron chi connectivity index (χ3n) is 3.16. The van der Waals surface area contributed by atoms with E-state index in [2.05, 4.69) is 9.97 Å². The number of carbonyl (C=O) groups is 1. The summed E-state index contributed by atoms with van der Waals surface area (Å²) in [5.41, 5.74) is 0.974. The van der Waals surface area contributed by atoms with Gasteiger partial charge in [0, 0.05) is 0 Å². The first-order valence-corrected chi connectivity index (χ1v) is 7.36. The van der Waals surface area contributed by atoms with Crippen molar-refractivity contribution in [3.05, 3.63) is 57.0 Å². The molecular formula is C15H12N2O4S. The first kappa shape index (κ1) is 14.3. The Hall–Kier alpha value is -2.67. The van der Waals surface area contributed by atoms with Crippen LogP contribution in [0.5, 0.6) is 5.75 Å². The van der Waals surface area contributed by atoms with Gasteiger partial charge in [-0.25, -0.2) is 9.78 Å². The molecule has 6 nitrogen and oxygen atoms in total. The third-order valence-corrected chi connectivity index (χ3v) is 4.06. The maximum atomic E-state index is 12.0. The molecule has 0 aliphatic heterocycles. The summed E-state index contributed by atoms with van der Waals surface area (Å²) in [6, 6.07) is 6.55. The largest absolute Gasteiger partial charge is 0.507 e. The van der Waals surface area contributed by atoms with Gasteiger partial charge >= 0.3 is 5.97 Å². The number of phenolic OH excluding ortho intramolecular Hbond substituents is 1. The summed E-state index contributed by atoms with van der Waals surface area (Å²) in [6.45, 7) is 1.52. The van der Waals surface area contributed by atoms with E-state index in [0.29, 0.717) is 15.8 Å². The van der Waals surface area contributed by atoms with Crippen molar-refractivity contribution in [1.29, 1.82) is 0 Å². The Morgan fingerprint density at radius 1 is 1.41 bits per heavy atom. The number of rotatable bonds is 3. The zero-order valence-electron chi connectivity index (χ0n) is 11.6. The molecule has 0 aliphatic carbocycles. The van der Waals surface area contributed by atoms with E-state index in [1.54, 1.807) is 30.5 Å². The molecule has 0 saturated heterocycles. The smallest absolute Gasteiger partial charge is 0.342 e. The van der Waals surface area contributed by atoms with Crippen molar-refractivity contribution in [3.8, 4) is 5.75 Å². The number of phenols is 1. The fourth-order valence-corrected chi connectivity index (χ4v) is 2.75. The van der Waals surface area contributed by atoms with Crippen LogP contribution in [0.15, 0.2) is 34.4 Å². The van der Waals surface area contributed by atoms with Crippen LogP contribution >= 0.6 is 11.3 Å². The van der Waals surface area contributed by atoms with Crippen molar-refractivity contribution in [3.63, 3.8) is 0 Å². The van der Waals surface area contributed by atoms with Crippen molar-refractivity contribution < 1.29 is 14.6 Å². The van der Waals surface area contributed by atoms with Gasteiger partial charge in [0.25, 0.3) is 5.56 Å². The van der Waals surface area contributed by atoms with Crippen molar-refractivity contribution in [2.75, 3.05) is 0 Å². The van der Waals surface area contributed by atoms with Gasteiger partial charge in [0.15, 0.2) is 0 Å². The number of ether oxygens (including phenoxy) is 1. The number of H-pyrrole nitrogens is 1. The van der Waals surface area contributed by atoms with Crippen LogP contribution in [0.1, 0.15) is 21.7 Å². The number of para-hydroxylation sites is 1. The van der Waals surface area contributed by atoms with Crippen LogP contribution in [0.2, 0.25) is 0 Å². The predicted molar refractivity (Wildman–Crippen MR) is 82.2 cm³/mol. The number of nitrogens with one attached hydrogen (secondary N) is 1. The number of aromatic hydroxyl groups is 1. The lowest BCUT2D eigenvalue weighted by Gasteiger charge is -2.07. The molecule has 2 aromatic heterocycles. The molecule has 2 heterocycles. The highest BCUT2D eigenvalue weighted by molar-refractivity contribution is 7.17. The normalized spacial score (nSPS) is 10.8. The van der Waals surface area contributed by atoms with Gasteiger partial charge in [-0.3, -0.25) is 4.79 Å². The first-order valence-electron chi connectivity index (χ1n) is 6.48. The van der Waals surface area contributed by atoms with Crippen LogP contribution < -0.4 is 5.56 Å². The number of benzene rings is 1. The zero-order valence-corrected chi connectivity index (χ0v) is 12.4. The molecule has 3 aromatic rings. The van der Waals surface area contributed by atoms with Crippen molar-refractivity contribution in [2.24, 2.45) is 0 Å². The molecule has 3 rings (SSSR count). The molecule has 0 unspecified atom stereocenters. The fraction of sp³-hybridized carbons (Fsp3) is 0.133. The first-order chi connectivity index (χ1) is 10.6. The number of nitrogens with zero attached hydrogens (tertiary/aromatic N) is 1. The molecule has 0 atom stereocenters. The maximum absolute atomic E-state index is 12.0. The number of carbonyl (C=O) groups excluding carboxylic acids is 1. The molecule has 0 fully saturated rings. The van der Waals surface area contributed by atoms with Gasteiger partial charge in [0.2, 0.25) is 0 Å². The summed E-state index contributed by atoms with van der Waals surface area (Å²) in [6.07, 6.45) is 0. The number of aryl methyl sites for hydroxylation is 1. The lowest BCUT2D eigenvalue weighted by atomic mass is 10.1. The van der Waals surface area contributed by atoms with Gasteiger partial charge in [-0.1, -0.05) is 12.1 Å². The highest BCUT2D eigenvalue weighted by Crippen LogP contribution is 2.22. The van der Waals surface area contributed by atoms with E-state index in [1.165, 1.54) is 17.4 Å². The lowest BCUT2D eigenvalue weighted by Crippen LogP contribution is -2.13. The molecule has 0 bridgehead atoms. The van der Waals surface area contributed by atoms with E-state index < -0.39 is 5.97 Å². The quantitative estimate of drug-likeness (QED) is 0.724. The standard InChI is InChI=1S/C15H12N2O4S/c1-8-3-2-4-9(12(8)18)15(20)21-7-11-16-10-5-6-22-13(10)14(19)17-11/h2-6,18H,7H2,1H3,(H,16,17,19). The maximum Gasteiger partial charge on any atom is 0.342 e. The average Bonchev–Trinajstić information content (AvgIpc) is 2.96. The third kappa shape index (κ3) is 2.58. The van der Waals surface area contributed by atoms with Crippen molar-refractivity contribution in [2.45, 2.75) is 13.5 Å². The summed E-state index contributed by atoms with van der Waals surface area (Å²) in [7, 11) is 0. The minimum atomic E-state index is -0.672. The van der Waals surface area contributed by atoms with E-state index in [9.17, 15) is 14.7 Å². The van der Waals surface area contributed by atoms with Crippen LogP contribution in [0, 0.1) is 6.92 Å². The molecule has 0 amide bonds. The van der Waals surface area contributed by atoms with Gasteiger partial charge in [-0.15, -0.1) is 11.3 Å². The van der Waals surface area contributed by atoms with E-state index in [4.69, 9.17) is 4.74 Å². The molecule has 0 radical (unpaired) electrons. The fourth-order valence-electron chi connectivity index (χ4n) is 2.03. The molecular weight excluding hydrogens is 304 g/mol. The predicted octanol–water partition coefficient (Wildman–Crippen LogP) is 2.36. The van der Waals surface area contributed by atoms with Gasteiger partial charge in [0.05, 0.1) is 5.52 Å². The summed E-state index contributed by atoms with van der Waals surface area (Å²) in [5.74, 6) is -0.520. The molecule has 22 heavy (non-hydrogen) atoms. The van der Waals surface area contributed by atoms with Crippen LogP contribution in [-0.4, -0.2) is 21.0 Å². The highest BCUT2D eigenvalue weighted by Gasteiger charge is 2.15. The van der Waals surface area contributed by atoms with E-state index >= 15 is 0 Å². The van der Waals surface area contributed by atoms with Gasteiger partial charge < -0.3 is 14.8 Å². The van der Waals surface area contributed by atoms with E-state index in [1.807, 2.05) is 0 Å². The molecule has 7 heteroatoms. The number of fused-ring (bicyclic) bond motifs is 1. The van der Waals surface area contributed by atoms with E-state index in [-0.39, 0.29) is 29.3 Å². The molecule has 1 aromatic carbocycles. The van der Waals surface area contributed by atoms with Crippen LogP contribution in [0.3, 0.4) is 0 Å². The second-order valence-electron chi connectivity index (χ2n) is 4.69. The van der Waals surface area contributed by atoms with Crippen molar-refractivity contribution in [1.82, 2.24) is 9.97 Å². The molecule has 0 aliphatic rings. The Morgan fingerprint density at radius 2 is 2.23 bits per heavy atom. The molecule has 0 saturated carbocycles. The highest BCUT2D eigenvalue weighted by atomic mass is 32.1. The number of aromatic nitrogens is 2. The molecule has 2 N–H and O–H groups in total. The zero-order chi connectivity index (χ0) is 15.7. The summed E-state index contributed by atoms with van der Waals surface area (Å²) >= 11 is 1.30. The summed E-state index contributed by atoms with van der Waals surface area (Å²) in [4.78, 5) is 30.6. The Bertz CT molecular complexity index is 913. The Morgan fingerprint density at radius 3 is 3.05 bits per heavy atom. The molecule has 112 valence electrons. The number of hydrogen-bond acceptors (Lipinski definition) is 6. The second-order valence-corrected chi connectivity index (χ2v) is 5.61. The van der Waals surface area contributed by atoms with Gasteiger partial charge in [-0.05, 0) is 30.0 Å². The minimum Gasteiger partial charge on any atom is -0.507 e. The topological polar surface area (TPSA) is 92.3 Å². The summed E-state index contributed by atoms with van der Waals surface area (Å²) < 4.78 is 5.64. The molecule has 0 spiro atoms. The Balaban J connectivity index is 1.80. The van der Waals surface area contributed by atoms with Crippen LogP contribution in [0.25, 0.3) is 10.2 Å².